The molecule has 0 spiro atoms. The van der Waals surface area contributed by atoms with Crippen molar-refractivity contribution < 1.29 is 9.59 Å². The van der Waals surface area contributed by atoms with E-state index in [0.717, 1.165) is 43.9 Å². The number of amides is 2. The van der Waals surface area contributed by atoms with E-state index in [9.17, 15) is 9.59 Å². The number of nitrogens with zero attached hydrogens (tertiary/aromatic N) is 3. The van der Waals surface area contributed by atoms with Crippen molar-refractivity contribution in [3.8, 4) is 0 Å². The summed E-state index contributed by atoms with van der Waals surface area (Å²) in [6.45, 7) is 4.31. The second-order valence-electron chi connectivity index (χ2n) is 8.52. The maximum absolute atomic E-state index is 13.6. The molecular weight excluding hydrogens is 410 g/mol. The predicted octanol–water partition coefficient (Wildman–Crippen LogP) is 3.78. The molecule has 0 unspecified atom stereocenters. The molecule has 2 heterocycles. The largest absolute Gasteiger partial charge is 0.364 e. The zero-order valence-corrected chi connectivity index (χ0v) is 18.6. The first-order valence-electron chi connectivity index (χ1n) is 11.4. The molecule has 33 heavy (non-hydrogen) atoms. The fourth-order valence-electron chi connectivity index (χ4n) is 4.60. The fraction of sp³-hybridized carbons (Fsp3) is 0.214. The van der Waals surface area contributed by atoms with Gasteiger partial charge < -0.3 is 4.90 Å². The average Bonchev–Trinajstić information content (AvgIpc) is 3.11. The van der Waals surface area contributed by atoms with Crippen molar-refractivity contribution in [3.05, 3.63) is 113 Å². The van der Waals surface area contributed by atoms with E-state index in [4.69, 9.17) is 0 Å². The molecule has 0 bridgehead atoms. The number of carbonyl (C=O) groups excluding carboxylic acids is 2. The maximum Gasteiger partial charge on any atom is 0.278 e. The molecule has 0 saturated carbocycles. The van der Waals surface area contributed by atoms with Gasteiger partial charge in [-0.15, -0.1) is 0 Å². The summed E-state index contributed by atoms with van der Waals surface area (Å²) in [5, 5.41) is 0. The summed E-state index contributed by atoms with van der Waals surface area (Å²) in [5.41, 5.74) is 4.10. The normalized spacial score (nSPS) is 17.2. The van der Waals surface area contributed by atoms with Crippen molar-refractivity contribution in [2.24, 2.45) is 0 Å². The molecule has 2 aliphatic rings. The van der Waals surface area contributed by atoms with Crippen molar-refractivity contribution >= 4 is 17.4 Å². The van der Waals surface area contributed by atoms with Crippen molar-refractivity contribution in [3.63, 3.8) is 0 Å². The third-order valence-electron chi connectivity index (χ3n) is 6.33. The Hall–Kier alpha value is -3.70. The first-order chi connectivity index (χ1) is 16.2. The van der Waals surface area contributed by atoms with E-state index in [0.29, 0.717) is 11.3 Å². The summed E-state index contributed by atoms with van der Waals surface area (Å²) in [4.78, 5) is 33.0. The SMILES string of the molecule is O=C1C(c2ccccc2)=C(N2CCN(Cc3ccccc3)CC2)C(=O)N1Cc1ccccc1. The van der Waals surface area contributed by atoms with E-state index in [-0.39, 0.29) is 18.4 Å². The zero-order chi connectivity index (χ0) is 22.6. The van der Waals surface area contributed by atoms with Crippen LogP contribution in [0.2, 0.25) is 0 Å². The van der Waals surface area contributed by atoms with Crippen LogP contribution in [0.15, 0.2) is 96.7 Å². The highest BCUT2D eigenvalue weighted by atomic mass is 16.2. The molecule has 1 saturated heterocycles. The van der Waals surface area contributed by atoms with Crippen LogP contribution in [-0.4, -0.2) is 52.7 Å². The molecular formula is C28H27N3O2. The van der Waals surface area contributed by atoms with Gasteiger partial charge in [0.15, 0.2) is 0 Å². The molecule has 0 aliphatic carbocycles. The van der Waals surface area contributed by atoms with Crippen LogP contribution in [0.4, 0.5) is 0 Å². The molecule has 166 valence electrons. The van der Waals surface area contributed by atoms with Crippen LogP contribution in [0.25, 0.3) is 5.57 Å². The Morgan fingerprint density at radius 3 is 1.67 bits per heavy atom. The number of carbonyl (C=O) groups is 2. The minimum Gasteiger partial charge on any atom is -0.364 e. The van der Waals surface area contributed by atoms with Gasteiger partial charge in [0.05, 0.1) is 12.1 Å². The summed E-state index contributed by atoms with van der Waals surface area (Å²) in [5.74, 6) is -0.406. The molecule has 0 aromatic heterocycles. The topological polar surface area (TPSA) is 43.9 Å². The van der Waals surface area contributed by atoms with Crippen LogP contribution >= 0.6 is 0 Å². The zero-order valence-electron chi connectivity index (χ0n) is 18.6. The number of rotatable bonds is 6. The van der Waals surface area contributed by atoms with Crippen molar-refractivity contribution in [1.29, 1.82) is 0 Å². The van der Waals surface area contributed by atoms with Gasteiger partial charge in [0.2, 0.25) is 0 Å². The van der Waals surface area contributed by atoms with E-state index in [2.05, 4.69) is 34.1 Å². The van der Waals surface area contributed by atoms with E-state index in [1.807, 2.05) is 66.7 Å². The predicted molar refractivity (Wildman–Crippen MR) is 129 cm³/mol. The highest BCUT2D eigenvalue weighted by Gasteiger charge is 2.42. The number of hydrogen-bond acceptors (Lipinski definition) is 4. The molecule has 0 radical (unpaired) electrons. The Balaban J connectivity index is 1.39. The highest BCUT2D eigenvalue weighted by Crippen LogP contribution is 2.33. The van der Waals surface area contributed by atoms with Crippen molar-refractivity contribution in [2.75, 3.05) is 26.2 Å². The second-order valence-corrected chi connectivity index (χ2v) is 8.52. The number of imide groups is 1. The van der Waals surface area contributed by atoms with Gasteiger partial charge >= 0.3 is 0 Å². The number of piperazine rings is 1. The van der Waals surface area contributed by atoms with Gasteiger partial charge in [-0.05, 0) is 16.7 Å². The summed E-state index contributed by atoms with van der Waals surface area (Å²) in [6, 6.07) is 29.7. The molecule has 2 aliphatic heterocycles. The Bertz CT molecular complexity index is 1150. The summed E-state index contributed by atoms with van der Waals surface area (Å²) in [6.07, 6.45) is 0. The molecule has 3 aromatic rings. The first-order valence-corrected chi connectivity index (χ1v) is 11.4. The van der Waals surface area contributed by atoms with Crippen LogP contribution < -0.4 is 0 Å². The van der Waals surface area contributed by atoms with Gasteiger partial charge in [-0.2, -0.15) is 0 Å². The number of hydrogen-bond donors (Lipinski definition) is 0. The average molecular weight is 438 g/mol. The molecule has 5 nitrogen and oxygen atoms in total. The standard InChI is InChI=1S/C28H27N3O2/c32-27-25(24-14-8-3-9-15-24)26(28(33)31(27)21-23-12-6-2-7-13-23)30-18-16-29(17-19-30)20-22-10-4-1-5-11-22/h1-15H,16-21H2. The molecule has 0 atom stereocenters. The molecule has 5 rings (SSSR count). The van der Waals surface area contributed by atoms with Crippen LogP contribution in [0, 0.1) is 0 Å². The second kappa shape index (κ2) is 9.43. The monoisotopic (exact) mass is 437 g/mol. The molecule has 0 N–H and O–H groups in total. The lowest BCUT2D eigenvalue weighted by atomic mass is 10.0. The minimum atomic E-state index is -0.211. The van der Waals surface area contributed by atoms with Gasteiger partial charge in [-0.25, -0.2) is 0 Å². The first kappa shape index (κ1) is 21.2. The highest BCUT2D eigenvalue weighted by molar-refractivity contribution is 6.35. The number of benzene rings is 3. The fourth-order valence-corrected chi connectivity index (χ4v) is 4.60. The van der Waals surface area contributed by atoms with E-state index in [1.54, 1.807) is 0 Å². The van der Waals surface area contributed by atoms with Crippen LogP contribution in [0.3, 0.4) is 0 Å². The van der Waals surface area contributed by atoms with Crippen LogP contribution in [0.5, 0.6) is 0 Å². The Labute approximate surface area is 194 Å². The van der Waals surface area contributed by atoms with Gasteiger partial charge in [-0.1, -0.05) is 91.0 Å². The molecule has 2 amide bonds. The Kier molecular flexibility index (Phi) is 6.05. The van der Waals surface area contributed by atoms with Gasteiger partial charge in [0.25, 0.3) is 11.8 Å². The minimum absolute atomic E-state index is 0.195. The van der Waals surface area contributed by atoms with Crippen LogP contribution in [0.1, 0.15) is 16.7 Å². The lowest BCUT2D eigenvalue weighted by Gasteiger charge is -2.36. The van der Waals surface area contributed by atoms with E-state index in [1.165, 1.54) is 10.5 Å². The van der Waals surface area contributed by atoms with E-state index < -0.39 is 0 Å². The van der Waals surface area contributed by atoms with Gasteiger partial charge in [0.1, 0.15) is 5.70 Å². The summed E-state index contributed by atoms with van der Waals surface area (Å²) >= 11 is 0. The van der Waals surface area contributed by atoms with Crippen molar-refractivity contribution in [2.45, 2.75) is 13.1 Å². The molecule has 5 heteroatoms. The lowest BCUT2D eigenvalue weighted by molar-refractivity contribution is -0.138. The summed E-state index contributed by atoms with van der Waals surface area (Å²) in [7, 11) is 0. The quantitative estimate of drug-likeness (QED) is 0.551. The molecule has 1 fully saturated rings. The third-order valence-corrected chi connectivity index (χ3v) is 6.33. The smallest absolute Gasteiger partial charge is 0.278 e. The summed E-state index contributed by atoms with van der Waals surface area (Å²) < 4.78 is 0. The van der Waals surface area contributed by atoms with Crippen molar-refractivity contribution in [1.82, 2.24) is 14.7 Å². The van der Waals surface area contributed by atoms with Gasteiger partial charge in [-0.3, -0.25) is 19.4 Å². The molecule has 3 aromatic carbocycles. The third kappa shape index (κ3) is 4.45. The van der Waals surface area contributed by atoms with Crippen LogP contribution in [-0.2, 0) is 22.7 Å². The maximum atomic E-state index is 13.6. The van der Waals surface area contributed by atoms with Gasteiger partial charge in [0, 0.05) is 32.7 Å². The Morgan fingerprint density at radius 2 is 1.09 bits per heavy atom. The van der Waals surface area contributed by atoms with E-state index >= 15 is 0 Å². The lowest BCUT2D eigenvalue weighted by Crippen LogP contribution is -2.47. The Morgan fingerprint density at radius 1 is 0.576 bits per heavy atom.